The van der Waals surface area contributed by atoms with Crippen LogP contribution < -0.4 is 5.32 Å². The SMILES string of the molecule is COC(=O)c1cnc(NC(=O)/C=C/c2cc3ccccc3o2)s1. The number of hydrogen-bond donors (Lipinski definition) is 1. The number of furan rings is 1. The van der Waals surface area contributed by atoms with Crippen LogP contribution in [0.3, 0.4) is 0 Å². The van der Waals surface area contributed by atoms with Crippen LogP contribution in [0.25, 0.3) is 17.0 Å². The fourth-order valence-corrected chi connectivity index (χ4v) is 2.65. The first kappa shape index (κ1) is 15.0. The number of ether oxygens (including phenoxy) is 1. The fourth-order valence-electron chi connectivity index (χ4n) is 1.92. The summed E-state index contributed by atoms with van der Waals surface area (Å²) >= 11 is 1.04. The third kappa shape index (κ3) is 3.46. The standard InChI is InChI=1S/C16H12N2O4S/c1-21-15(20)13-9-17-16(23-13)18-14(19)7-6-11-8-10-4-2-3-5-12(10)22-11/h2-9H,1H3,(H,17,18,19)/b7-6+. The quantitative estimate of drug-likeness (QED) is 0.587. The van der Waals surface area contributed by atoms with Gasteiger partial charge < -0.3 is 9.15 Å². The lowest BCUT2D eigenvalue weighted by Gasteiger charge is -1.95. The van der Waals surface area contributed by atoms with Crippen molar-refractivity contribution in [1.82, 2.24) is 4.98 Å². The minimum Gasteiger partial charge on any atom is -0.465 e. The molecule has 0 aliphatic heterocycles. The third-order valence-corrected chi connectivity index (χ3v) is 3.86. The molecule has 0 spiro atoms. The summed E-state index contributed by atoms with van der Waals surface area (Å²) in [5.74, 6) is -0.271. The van der Waals surface area contributed by atoms with Crippen LogP contribution in [0.2, 0.25) is 0 Å². The van der Waals surface area contributed by atoms with Gasteiger partial charge in [-0.05, 0) is 18.2 Å². The van der Waals surface area contributed by atoms with E-state index >= 15 is 0 Å². The van der Waals surface area contributed by atoms with E-state index in [4.69, 9.17) is 4.42 Å². The molecule has 0 aliphatic rings. The fraction of sp³-hybridized carbons (Fsp3) is 0.0625. The number of benzene rings is 1. The van der Waals surface area contributed by atoms with Crippen LogP contribution in [0.5, 0.6) is 0 Å². The number of hydrogen-bond acceptors (Lipinski definition) is 6. The predicted molar refractivity (Wildman–Crippen MR) is 87.3 cm³/mol. The Morgan fingerprint density at radius 1 is 1.35 bits per heavy atom. The largest absolute Gasteiger partial charge is 0.465 e. The number of esters is 1. The Hall–Kier alpha value is -2.93. The van der Waals surface area contributed by atoms with Crippen molar-refractivity contribution in [3.8, 4) is 0 Å². The molecule has 7 heteroatoms. The second-order valence-corrected chi connectivity index (χ2v) is 5.56. The first-order valence-corrected chi connectivity index (χ1v) is 7.49. The highest BCUT2D eigenvalue weighted by Gasteiger charge is 2.11. The van der Waals surface area contributed by atoms with Gasteiger partial charge >= 0.3 is 5.97 Å². The normalized spacial score (nSPS) is 11.0. The van der Waals surface area contributed by atoms with Gasteiger partial charge in [0, 0.05) is 11.5 Å². The average molecular weight is 328 g/mol. The van der Waals surface area contributed by atoms with Crippen molar-refractivity contribution in [2.45, 2.75) is 0 Å². The molecule has 0 aliphatic carbocycles. The van der Waals surface area contributed by atoms with Gasteiger partial charge in [0.1, 0.15) is 16.2 Å². The van der Waals surface area contributed by atoms with Crippen molar-refractivity contribution in [3.63, 3.8) is 0 Å². The van der Waals surface area contributed by atoms with Gasteiger partial charge in [-0.2, -0.15) is 0 Å². The topological polar surface area (TPSA) is 81.4 Å². The van der Waals surface area contributed by atoms with Gasteiger partial charge in [-0.1, -0.05) is 29.5 Å². The lowest BCUT2D eigenvalue weighted by molar-refractivity contribution is -0.111. The van der Waals surface area contributed by atoms with E-state index in [1.807, 2.05) is 30.3 Å². The molecule has 116 valence electrons. The van der Waals surface area contributed by atoms with Gasteiger partial charge in [-0.15, -0.1) is 0 Å². The second-order valence-electron chi connectivity index (χ2n) is 4.53. The van der Waals surface area contributed by atoms with Crippen LogP contribution in [0, 0.1) is 0 Å². The summed E-state index contributed by atoms with van der Waals surface area (Å²) in [4.78, 5) is 27.4. The minimum atomic E-state index is -0.485. The Morgan fingerprint density at radius 2 is 2.17 bits per heavy atom. The van der Waals surface area contributed by atoms with Gasteiger partial charge in [0.25, 0.3) is 0 Å². The smallest absolute Gasteiger partial charge is 0.349 e. The second kappa shape index (κ2) is 6.45. The number of carbonyl (C=O) groups excluding carboxylic acids is 2. The van der Waals surface area contributed by atoms with Crippen LogP contribution in [-0.4, -0.2) is 24.0 Å². The van der Waals surface area contributed by atoms with Crippen LogP contribution in [0.4, 0.5) is 5.13 Å². The molecule has 1 aromatic carbocycles. The molecule has 0 bridgehead atoms. The monoisotopic (exact) mass is 328 g/mol. The number of carbonyl (C=O) groups is 2. The van der Waals surface area contributed by atoms with Crippen molar-refractivity contribution in [1.29, 1.82) is 0 Å². The van der Waals surface area contributed by atoms with Crippen LogP contribution >= 0.6 is 11.3 Å². The predicted octanol–water partition coefficient (Wildman–Crippen LogP) is 3.33. The molecule has 0 unspecified atom stereocenters. The summed E-state index contributed by atoms with van der Waals surface area (Å²) in [5.41, 5.74) is 0.759. The number of nitrogens with zero attached hydrogens (tertiary/aromatic N) is 1. The Labute approximate surface area is 135 Å². The summed E-state index contributed by atoms with van der Waals surface area (Å²) in [6.45, 7) is 0. The molecular weight excluding hydrogens is 316 g/mol. The van der Waals surface area contributed by atoms with E-state index in [1.165, 1.54) is 19.4 Å². The Bertz CT molecular complexity index is 861. The number of rotatable bonds is 4. The highest BCUT2D eigenvalue weighted by atomic mass is 32.1. The number of fused-ring (bicyclic) bond motifs is 1. The average Bonchev–Trinajstić information content (AvgIpc) is 3.18. The summed E-state index contributed by atoms with van der Waals surface area (Å²) in [5, 5.41) is 3.87. The molecular formula is C16H12N2O4S. The molecule has 0 saturated heterocycles. The van der Waals surface area contributed by atoms with E-state index in [9.17, 15) is 9.59 Å². The number of thiazole rings is 1. The number of para-hydroxylation sites is 1. The van der Waals surface area contributed by atoms with Crippen LogP contribution in [0.1, 0.15) is 15.4 Å². The third-order valence-electron chi connectivity index (χ3n) is 2.97. The minimum absolute atomic E-state index is 0.323. The summed E-state index contributed by atoms with van der Waals surface area (Å²) in [6.07, 6.45) is 4.27. The molecule has 3 rings (SSSR count). The molecule has 1 amide bonds. The first-order chi connectivity index (χ1) is 11.2. The lowest BCUT2D eigenvalue weighted by atomic mass is 10.2. The molecule has 3 aromatic rings. The summed E-state index contributed by atoms with van der Waals surface area (Å²) in [6, 6.07) is 9.43. The van der Waals surface area contributed by atoms with Gasteiger partial charge in [-0.3, -0.25) is 10.1 Å². The van der Waals surface area contributed by atoms with E-state index in [0.717, 1.165) is 22.3 Å². The van der Waals surface area contributed by atoms with E-state index in [2.05, 4.69) is 15.0 Å². The Balaban J connectivity index is 1.66. The van der Waals surface area contributed by atoms with Crippen molar-refractivity contribution >= 4 is 45.4 Å². The number of aromatic nitrogens is 1. The molecule has 2 heterocycles. The van der Waals surface area contributed by atoms with Crippen molar-refractivity contribution in [2.75, 3.05) is 12.4 Å². The van der Waals surface area contributed by atoms with E-state index in [0.29, 0.717) is 15.8 Å². The number of amides is 1. The number of methoxy groups -OCH3 is 1. The van der Waals surface area contributed by atoms with Crippen molar-refractivity contribution in [2.24, 2.45) is 0 Å². The zero-order valence-corrected chi connectivity index (χ0v) is 12.9. The maximum Gasteiger partial charge on any atom is 0.349 e. The van der Waals surface area contributed by atoms with Crippen molar-refractivity contribution in [3.05, 3.63) is 53.2 Å². The van der Waals surface area contributed by atoms with Crippen LogP contribution in [0.15, 0.2) is 47.0 Å². The zero-order chi connectivity index (χ0) is 16.2. The van der Waals surface area contributed by atoms with E-state index in [1.54, 1.807) is 6.08 Å². The molecule has 1 N–H and O–H groups in total. The molecule has 0 saturated carbocycles. The van der Waals surface area contributed by atoms with Gasteiger partial charge in [0.05, 0.1) is 13.3 Å². The van der Waals surface area contributed by atoms with E-state index < -0.39 is 5.97 Å². The molecule has 0 atom stereocenters. The van der Waals surface area contributed by atoms with Crippen LogP contribution in [-0.2, 0) is 9.53 Å². The Kier molecular flexibility index (Phi) is 4.20. The Morgan fingerprint density at radius 3 is 2.96 bits per heavy atom. The summed E-state index contributed by atoms with van der Waals surface area (Å²) < 4.78 is 10.2. The lowest BCUT2D eigenvalue weighted by Crippen LogP contribution is -2.07. The maximum atomic E-state index is 11.9. The van der Waals surface area contributed by atoms with Crippen molar-refractivity contribution < 1.29 is 18.7 Å². The number of anilines is 1. The number of nitrogens with one attached hydrogen (secondary N) is 1. The zero-order valence-electron chi connectivity index (χ0n) is 12.1. The highest BCUT2D eigenvalue weighted by molar-refractivity contribution is 7.17. The molecule has 6 nitrogen and oxygen atoms in total. The highest BCUT2D eigenvalue weighted by Crippen LogP contribution is 2.20. The van der Waals surface area contributed by atoms with Gasteiger partial charge in [0.2, 0.25) is 5.91 Å². The van der Waals surface area contributed by atoms with E-state index in [-0.39, 0.29) is 5.91 Å². The molecule has 0 radical (unpaired) electrons. The maximum absolute atomic E-state index is 11.9. The molecule has 0 fully saturated rings. The molecule has 23 heavy (non-hydrogen) atoms. The molecule has 2 aromatic heterocycles. The summed E-state index contributed by atoms with van der Waals surface area (Å²) in [7, 11) is 1.29. The van der Waals surface area contributed by atoms with Gasteiger partial charge in [-0.25, -0.2) is 9.78 Å². The van der Waals surface area contributed by atoms with Gasteiger partial charge in [0.15, 0.2) is 5.13 Å². The first-order valence-electron chi connectivity index (χ1n) is 6.67.